The molecule has 98 valence electrons. The molecule has 1 aliphatic rings. The molecule has 0 N–H and O–H groups in total. The van der Waals surface area contributed by atoms with E-state index in [-0.39, 0.29) is 5.91 Å². The zero-order valence-electron chi connectivity index (χ0n) is 11.1. The van der Waals surface area contributed by atoms with Crippen LogP contribution in [0.1, 0.15) is 24.2 Å². The minimum atomic E-state index is 0.159. The maximum atomic E-state index is 12.5. The molecule has 0 spiro atoms. The van der Waals surface area contributed by atoms with E-state index in [9.17, 15) is 4.79 Å². The normalized spacial score (nSPS) is 25.2. The highest BCUT2D eigenvalue weighted by Gasteiger charge is 2.30. The molecule has 18 heavy (non-hydrogen) atoms. The van der Waals surface area contributed by atoms with Crippen LogP contribution >= 0.6 is 22.6 Å². The van der Waals surface area contributed by atoms with Gasteiger partial charge in [-0.15, -0.1) is 0 Å². The maximum Gasteiger partial charge on any atom is 0.255 e. The third-order valence-corrected chi connectivity index (χ3v) is 4.69. The van der Waals surface area contributed by atoms with Crippen LogP contribution < -0.4 is 0 Å². The lowest BCUT2D eigenvalue weighted by Gasteiger charge is -2.42. The molecule has 1 saturated heterocycles. The summed E-state index contributed by atoms with van der Waals surface area (Å²) in [5.74, 6) is 0.159. The Balaban J connectivity index is 2.18. The predicted octanol–water partition coefficient (Wildman–Crippen LogP) is 2.46. The number of hydrogen-bond donors (Lipinski definition) is 0. The first kappa shape index (κ1) is 13.8. The number of likely N-dealkylation sites (N-methyl/N-ethyl adjacent to an activating group) is 1. The molecule has 1 heterocycles. The van der Waals surface area contributed by atoms with Crippen molar-refractivity contribution in [3.05, 3.63) is 33.4 Å². The van der Waals surface area contributed by atoms with Crippen LogP contribution in [0.3, 0.4) is 0 Å². The van der Waals surface area contributed by atoms with E-state index in [0.29, 0.717) is 12.1 Å². The molecule has 2 atom stereocenters. The molecule has 1 aliphatic heterocycles. The van der Waals surface area contributed by atoms with Gasteiger partial charge < -0.3 is 4.90 Å². The second kappa shape index (κ2) is 5.57. The Kier molecular flexibility index (Phi) is 4.27. The van der Waals surface area contributed by atoms with Crippen LogP contribution in [0.15, 0.2) is 24.3 Å². The Morgan fingerprint density at radius 2 is 1.78 bits per heavy atom. The third-order valence-electron chi connectivity index (χ3n) is 3.75. The van der Waals surface area contributed by atoms with Crippen LogP contribution in [0.5, 0.6) is 0 Å². The fourth-order valence-electron chi connectivity index (χ4n) is 2.38. The zero-order chi connectivity index (χ0) is 13.3. The first-order valence-corrected chi connectivity index (χ1v) is 7.34. The van der Waals surface area contributed by atoms with Crippen LogP contribution in [0.4, 0.5) is 0 Å². The van der Waals surface area contributed by atoms with Gasteiger partial charge in [0.1, 0.15) is 0 Å². The standard InChI is InChI=1S/C14H19IN2O/c1-10-8-17(9-11(2)16(10)3)14(18)12-6-4-5-7-13(12)15/h4-7,10-11H,8-9H2,1-3H3. The summed E-state index contributed by atoms with van der Waals surface area (Å²) in [4.78, 5) is 16.8. The molecule has 0 aromatic heterocycles. The van der Waals surface area contributed by atoms with Crippen molar-refractivity contribution in [1.82, 2.24) is 9.80 Å². The molecule has 2 rings (SSSR count). The first-order valence-electron chi connectivity index (χ1n) is 6.26. The lowest BCUT2D eigenvalue weighted by Crippen LogP contribution is -2.56. The summed E-state index contributed by atoms with van der Waals surface area (Å²) in [5, 5.41) is 0. The molecule has 1 aromatic carbocycles. The summed E-state index contributed by atoms with van der Waals surface area (Å²) in [6.45, 7) is 5.97. The van der Waals surface area contributed by atoms with Gasteiger partial charge in [0.05, 0.1) is 5.56 Å². The lowest BCUT2D eigenvalue weighted by molar-refractivity contribution is 0.0413. The number of carbonyl (C=O) groups is 1. The van der Waals surface area contributed by atoms with Crippen LogP contribution in [-0.4, -0.2) is 47.9 Å². The summed E-state index contributed by atoms with van der Waals surface area (Å²) < 4.78 is 1.03. The molecule has 1 fully saturated rings. The van der Waals surface area contributed by atoms with Gasteiger partial charge in [-0.3, -0.25) is 9.69 Å². The van der Waals surface area contributed by atoms with Crippen molar-refractivity contribution in [3.8, 4) is 0 Å². The summed E-state index contributed by atoms with van der Waals surface area (Å²) in [6, 6.07) is 8.62. The molecule has 1 amide bonds. The number of rotatable bonds is 1. The number of piperazine rings is 1. The van der Waals surface area contributed by atoms with Gasteiger partial charge in [-0.05, 0) is 55.6 Å². The highest BCUT2D eigenvalue weighted by atomic mass is 127. The van der Waals surface area contributed by atoms with Crippen molar-refractivity contribution in [2.24, 2.45) is 0 Å². The quantitative estimate of drug-likeness (QED) is 0.720. The van der Waals surface area contributed by atoms with Crippen molar-refractivity contribution >= 4 is 28.5 Å². The molecule has 4 heteroatoms. The van der Waals surface area contributed by atoms with E-state index >= 15 is 0 Å². The van der Waals surface area contributed by atoms with Crippen molar-refractivity contribution in [3.63, 3.8) is 0 Å². The Labute approximate surface area is 122 Å². The summed E-state index contributed by atoms with van der Waals surface area (Å²) >= 11 is 2.23. The summed E-state index contributed by atoms with van der Waals surface area (Å²) in [6.07, 6.45) is 0. The van der Waals surface area contributed by atoms with Crippen LogP contribution in [-0.2, 0) is 0 Å². The minimum absolute atomic E-state index is 0.159. The third kappa shape index (κ3) is 2.69. The highest BCUT2D eigenvalue weighted by Crippen LogP contribution is 2.19. The second-order valence-corrected chi connectivity index (χ2v) is 6.22. The van der Waals surface area contributed by atoms with Crippen LogP contribution in [0.2, 0.25) is 0 Å². The number of carbonyl (C=O) groups excluding carboxylic acids is 1. The van der Waals surface area contributed by atoms with Gasteiger partial charge in [-0.1, -0.05) is 12.1 Å². The van der Waals surface area contributed by atoms with Crippen molar-refractivity contribution in [2.45, 2.75) is 25.9 Å². The van der Waals surface area contributed by atoms with E-state index in [1.807, 2.05) is 29.2 Å². The van der Waals surface area contributed by atoms with Gasteiger partial charge in [0.2, 0.25) is 0 Å². The average molecular weight is 358 g/mol. The van der Waals surface area contributed by atoms with Gasteiger partial charge in [-0.2, -0.15) is 0 Å². The van der Waals surface area contributed by atoms with Crippen molar-refractivity contribution in [2.75, 3.05) is 20.1 Å². The number of nitrogens with zero attached hydrogens (tertiary/aromatic N) is 2. The van der Waals surface area contributed by atoms with Crippen LogP contribution in [0.25, 0.3) is 0 Å². The molecule has 1 aromatic rings. The van der Waals surface area contributed by atoms with Crippen LogP contribution in [0, 0.1) is 3.57 Å². The minimum Gasteiger partial charge on any atom is -0.335 e. The highest BCUT2D eigenvalue weighted by molar-refractivity contribution is 14.1. The largest absolute Gasteiger partial charge is 0.335 e. The molecular weight excluding hydrogens is 339 g/mol. The molecule has 2 unspecified atom stereocenters. The second-order valence-electron chi connectivity index (χ2n) is 5.05. The SMILES string of the molecule is CC1CN(C(=O)c2ccccc2I)CC(C)N1C. The maximum absolute atomic E-state index is 12.5. The number of halogens is 1. The number of amides is 1. The van der Waals surface area contributed by atoms with Crippen molar-refractivity contribution < 1.29 is 4.79 Å². The zero-order valence-corrected chi connectivity index (χ0v) is 13.2. The van der Waals surface area contributed by atoms with Crippen molar-refractivity contribution in [1.29, 1.82) is 0 Å². The Morgan fingerprint density at radius 3 is 2.33 bits per heavy atom. The Bertz CT molecular complexity index is 437. The van der Waals surface area contributed by atoms with E-state index in [1.165, 1.54) is 0 Å². The average Bonchev–Trinajstić information content (AvgIpc) is 2.35. The van der Waals surface area contributed by atoms with Gasteiger partial charge in [0, 0.05) is 28.7 Å². The monoisotopic (exact) mass is 358 g/mol. The predicted molar refractivity (Wildman–Crippen MR) is 81.7 cm³/mol. The van der Waals surface area contributed by atoms with Gasteiger partial charge in [0.25, 0.3) is 5.91 Å². The van der Waals surface area contributed by atoms with E-state index < -0.39 is 0 Å². The molecule has 0 bridgehead atoms. The topological polar surface area (TPSA) is 23.6 Å². The Morgan fingerprint density at radius 1 is 1.22 bits per heavy atom. The molecule has 0 radical (unpaired) electrons. The smallest absolute Gasteiger partial charge is 0.255 e. The number of hydrogen-bond acceptors (Lipinski definition) is 2. The first-order chi connectivity index (χ1) is 8.50. The fraction of sp³-hybridized carbons (Fsp3) is 0.500. The molecule has 0 saturated carbocycles. The van der Waals surface area contributed by atoms with Gasteiger partial charge in [-0.25, -0.2) is 0 Å². The summed E-state index contributed by atoms with van der Waals surface area (Å²) in [5.41, 5.74) is 0.821. The van der Waals surface area contributed by atoms with E-state index in [0.717, 1.165) is 22.2 Å². The number of benzene rings is 1. The van der Waals surface area contributed by atoms with Gasteiger partial charge >= 0.3 is 0 Å². The van der Waals surface area contributed by atoms with Gasteiger partial charge in [0.15, 0.2) is 0 Å². The van der Waals surface area contributed by atoms with E-state index in [4.69, 9.17) is 0 Å². The molecule has 3 nitrogen and oxygen atoms in total. The molecular formula is C14H19IN2O. The van der Waals surface area contributed by atoms with E-state index in [2.05, 4.69) is 48.4 Å². The Hall–Kier alpha value is -0.620. The lowest BCUT2D eigenvalue weighted by atomic mass is 10.1. The fourth-order valence-corrected chi connectivity index (χ4v) is 2.99. The molecule has 0 aliphatic carbocycles. The van der Waals surface area contributed by atoms with E-state index in [1.54, 1.807) is 0 Å². The summed E-state index contributed by atoms with van der Waals surface area (Å²) in [7, 11) is 2.13.